The fourth-order valence-corrected chi connectivity index (χ4v) is 2.35. The fourth-order valence-electron chi connectivity index (χ4n) is 1.97. The van der Waals surface area contributed by atoms with E-state index in [2.05, 4.69) is 35.8 Å². The van der Waals surface area contributed by atoms with Crippen molar-refractivity contribution in [3.63, 3.8) is 0 Å². The van der Waals surface area contributed by atoms with Crippen LogP contribution in [0.5, 0.6) is 5.75 Å². The van der Waals surface area contributed by atoms with Crippen LogP contribution in [0.3, 0.4) is 0 Å². The average molecular weight is 271 g/mol. The molecule has 0 saturated carbocycles. The Hall–Kier alpha value is -0.540. The van der Waals surface area contributed by atoms with Crippen LogP contribution in [0.25, 0.3) is 0 Å². The van der Waals surface area contributed by atoms with Gasteiger partial charge in [-0.05, 0) is 32.0 Å². The summed E-state index contributed by atoms with van der Waals surface area (Å²) in [6.07, 6.45) is 1.01. The summed E-state index contributed by atoms with van der Waals surface area (Å²) in [6.45, 7) is 4.17. The molecular weight excluding hydrogens is 256 g/mol. The Morgan fingerprint density at radius 1 is 1.47 bits per heavy atom. The second-order valence-corrected chi connectivity index (χ2v) is 5.39. The van der Waals surface area contributed by atoms with E-state index in [0.29, 0.717) is 0 Å². The van der Waals surface area contributed by atoms with Crippen LogP contribution in [0.4, 0.5) is 0 Å². The van der Waals surface area contributed by atoms with Crippen molar-refractivity contribution < 1.29 is 9.47 Å². The highest BCUT2D eigenvalue weighted by Crippen LogP contribution is 2.41. The molecule has 0 spiro atoms. The van der Waals surface area contributed by atoms with Crippen LogP contribution in [-0.2, 0) is 4.74 Å². The molecule has 1 aliphatic rings. The summed E-state index contributed by atoms with van der Waals surface area (Å²) in [7, 11) is 1.75. The van der Waals surface area contributed by atoms with Gasteiger partial charge in [-0.25, -0.2) is 0 Å². The fraction of sp³-hybridized carbons (Fsp3) is 0.500. The lowest BCUT2D eigenvalue weighted by molar-refractivity contribution is -0.0109. The van der Waals surface area contributed by atoms with Crippen molar-refractivity contribution in [2.45, 2.75) is 32.0 Å². The van der Waals surface area contributed by atoms with E-state index in [0.717, 1.165) is 22.2 Å². The first kappa shape index (κ1) is 11.0. The largest absolute Gasteiger partial charge is 0.487 e. The van der Waals surface area contributed by atoms with Crippen molar-refractivity contribution in [3.05, 3.63) is 28.2 Å². The predicted molar refractivity (Wildman–Crippen MR) is 63.2 cm³/mol. The molecule has 2 nitrogen and oxygen atoms in total. The number of hydrogen-bond donors (Lipinski definition) is 0. The summed E-state index contributed by atoms with van der Waals surface area (Å²) < 4.78 is 12.5. The van der Waals surface area contributed by atoms with Gasteiger partial charge in [0.2, 0.25) is 0 Å². The third-order valence-corrected chi connectivity index (χ3v) is 3.16. The van der Waals surface area contributed by atoms with Crippen molar-refractivity contribution >= 4 is 15.9 Å². The molecule has 0 aliphatic carbocycles. The second kappa shape index (κ2) is 3.80. The van der Waals surface area contributed by atoms with E-state index in [4.69, 9.17) is 9.47 Å². The van der Waals surface area contributed by atoms with Gasteiger partial charge in [0, 0.05) is 23.6 Å². The standard InChI is InChI=1S/C12H15BrO2/c1-12(2)7-11(14-3)9-6-8(13)4-5-10(9)15-12/h4-6,11H,7H2,1-3H3. The Morgan fingerprint density at radius 3 is 2.87 bits per heavy atom. The zero-order valence-corrected chi connectivity index (χ0v) is 10.8. The number of ether oxygens (including phenoxy) is 2. The van der Waals surface area contributed by atoms with E-state index < -0.39 is 0 Å². The lowest BCUT2D eigenvalue weighted by Crippen LogP contribution is -2.35. The van der Waals surface area contributed by atoms with E-state index in [1.54, 1.807) is 7.11 Å². The molecule has 1 aliphatic heterocycles. The van der Waals surface area contributed by atoms with Gasteiger partial charge < -0.3 is 9.47 Å². The minimum atomic E-state index is -0.151. The highest BCUT2D eigenvalue weighted by atomic mass is 79.9. The third kappa shape index (κ3) is 2.18. The Balaban J connectivity index is 2.44. The molecule has 15 heavy (non-hydrogen) atoms. The smallest absolute Gasteiger partial charge is 0.126 e. The van der Waals surface area contributed by atoms with E-state index in [-0.39, 0.29) is 11.7 Å². The molecule has 1 atom stereocenters. The van der Waals surface area contributed by atoms with Crippen LogP contribution >= 0.6 is 15.9 Å². The maximum atomic E-state index is 5.91. The molecule has 0 bridgehead atoms. The maximum Gasteiger partial charge on any atom is 0.126 e. The predicted octanol–water partition coefficient (Wildman–Crippen LogP) is 3.70. The summed E-state index contributed by atoms with van der Waals surface area (Å²) >= 11 is 3.46. The molecule has 1 aromatic carbocycles. The van der Waals surface area contributed by atoms with Crippen LogP contribution in [0.1, 0.15) is 31.9 Å². The maximum absolute atomic E-state index is 5.91. The van der Waals surface area contributed by atoms with Gasteiger partial charge in [0.05, 0.1) is 6.10 Å². The first-order valence-corrected chi connectivity index (χ1v) is 5.82. The summed E-state index contributed by atoms with van der Waals surface area (Å²) in [5, 5.41) is 0. The van der Waals surface area contributed by atoms with Crippen LogP contribution in [-0.4, -0.2) is 12.7 Å². The van der Waals surface area contributed by atoms with E-state index in [1.165, 1.54) is 0 Å². The van der Waals surface area contributed by atoms with Crippen molar-refractivity contribution in [1.29, 1.82) is 0 Å². The first-order valence-electron chi connectivity index (χ1n) is 5.03. The minimum absolute atomic E-state index is 0.126. The quantitative estimate of drug-likeness (QED) is 0.775. The Bertz CT molecular complexity index is 374. The van der Waals surface area contributed by atoms with Crippen molar-refractivity contribution in [2.24, 2.45) is 0 Å². The lowest BCUT2D eigenvalue weighted by Gasteiger charge is -2.37. The molecule has 3 heteroatoms. The van der Waals surface area contributed by atoms with Gasteiger partial charge >= 0.3 is 0 Å². The second-order valence-electron chi connectivity index (χ2n) is 4.47. The first-order chi connectivity index (χ1) is 7.02. The SMILES string of the molecule is COC1CC(C)(C)Oc2ccc(Br)cc21. The van der Waals surface area contributed by atoms with Gasteiger partial charge in [0.25, 0.3) is 0 Å². The van der Waals surface area contributed by atoms with Crippen LogP contribution < -0.4 is 4.74 Å². The molecule has 82 valence electrons. The molecular formula is C12H15BrO2. The van der Waals surface area contributed by atoms with Crippen LogP contribution in [0, 0.1) is 0 Å². The highest BCUT2D eigenvalue weighted by Gasteiger charge is 2.33. The average Bonchev–Trinajstić information content (AvgIpc) is 2.16. The summed E-state index contributed by atoms with van der Waals surface area (Å²) in [4.78, 5) is 0. The summed E-state index contributed by atoms with van der Waals surface area (Å²) in [5.41, 5.74) is 0.979. The van der Waals surface area contributed by atoms with Gasteiger partial charge in [-0.3, -0.25) is 0 Å². The van der Waals surface area contributed by atoms with Crippen LogP contribution in [0.15, 0.2) is 22.7 Å². The lowest BCUT2D eigenvalue weighted by atomic mass is 9.92. The number of fused-ring (bicyclic) bond motifs is 1. The normalized spacial score (nSPS) is 23.1. The van der Waals surface area contributed by atoms with Crippen molar-refractivity contribution in [2.75, 3.05) is 7.11 Å². The van der Waals surface area contributed by atoms with Gasteiger partial charge in [-0.1, -0.05) is 15.9 Å². The Labute approximate surface area is 98.7 Å². The molecule has 1 unspecified atom stereocenters. The third-order valence-electron chi connectivity index (χ3n) is 2.67. The molecule has 0 saturated heterocycles. The van der Waals surface area contributed by atoms with E-state index in [9.17, 15) is 0 Å². The topological polar surface area (TPSA) is 18.5 Å². The van der Waals surface area contributed by atoms with Crippen molar-refractivity contribution in [3.8, 4) is 5.75 Å². The zero-order valence-electron chi connectivity index (χ0n) is 9.21. The summed E-state index contributed by atoms with van der Waals surface area (Å²) in [6, 6.07) is 6.05. The molecule has 0 fully saturated rings. The number of halogens is 1. The Morgan fingerprint density at radius 2 is 2.20 bits per heavy atom. The summed E-state index contributed by atoms with van der Waals surface area (Å²) in [5.74, 6) is 0.932. The highest BCUT2D eigenvalue weighted by molar-refractivity contribution is 9.10. The van der Waals surface area contributed by atoms with Crippen LogP contribution in [0.2, 0.25) is 0 Å². The Kier molecular flexibility index (Phi) is 2.77. The number of rotatable bonds is 1. The molecule has 0 radical (unpaired) electrons. The minimum Gasteiger partial charge on any atom is -0.487 e. The number of benzene rings is 1. The van der Waals surface area contributed by atoms with Gasteiger partial charge in [-0.15, -0.1) is 0 Å². The van der Waals surface area contributed by atoms with E-state index >= 15 is 0 Å². The number of hydrogen-bond acceptors (Lipinski definition) is 2. The van der Waals surface area contributed by atoms with Crippen molar-refractivity contribution in [1.82, 2.24) is 0 Å². The van der Waals surface area contributed by atoms with Gasteiger partial charge in [0.15, 0.2) is 0 Å². The van der Waals surface area contributed by atoms with Gasteiger partial charge in [0.1, 0.15) is 11.4 Å². The molecule has 0 N–H and O–H groups in total. The molecule has 2 rings (SSSR count). The van der Waals surface area contributed by atoms with E-state index in [1.807, 2.05) is 12.1 Å². The number of methoxy groups -OCH3 is 1. The monoisotopic (exact) mass is 270 g/mol. The molecule has 1 heterocycles. The van der Waals surface area contributed by atoms with Gasteiger partial charge in [-0.2, -0.15) is 0 Å². The molecule has 1 aromatic rings. The zero-order chi connectivity index (χ0) is 11.1. The molecule has 0 aromatic heterocycles. The molecule has 0 amide bonds.